The molecule has 3 N–H and O–H groups in total. The molecule has 0 unspecified atom stereocenters. The van der Waals surface area contributed by atoms with Crippen molar-refractivity contribution in [2.24, 2.45) is 0 Å². The molecule has 13 heavy (non-hydrogen) atoms. The molecule has 2 heterocycles. The number of carbonyl (C=O) groups is 1. The number of nitrogens with two attached hydrogens (primary N) is 1. The van der Waals surface area contributed by atoms with Crippen molar-refractivity contribution in [1.29, 1.82) is 0 Å². The first-order chi connectivity index (χ1) is 6.29. The molecule has 2 aromatic rings. The lowest BCUT2D eigenvalue weighted by molar-refractivity contribution is 0.102. The average molecular weight is 175 g/mol. The van der Waals surface area contributed by atoms with Crippen LogP contribution in [0.2, 0.25) is 0 Å². The topological polar surface area (TPSA) is 63.8 Å². The first-order valence-corrected chi connectivity index (χ1v) is 3.89. The Kier molecular flexibility index (Phi) is 1.66. The van der Waals surface area contributed by atoms with Crippen LogP contribution in [0.25, 0.3) is 0 Å². The van der Waals surface area contributed by atoms with Gasteiger partial charge in [0.1, 0.15) is 5.69 Å². The number of ketones is 1. The Morgan fingerprint density at radius 2 is 2.23 bits per heavy atom. The van der Waals surface area contributed by atoms with Gasteiger partial charge in [0.2, 0.25) is 5.78 Å². The fraction of sp³-hybridized carbons (Fsp3) is 0. The van der Waals surface area contributed by atoms with Crippen molar-refractivity contribution in [2.75, 3.05) is 5.84 Å². The average Bonchev–Trinajstić information content (AvgIpc) is 2.72. The van der Waals surface area contributed by atoms with Crippen LogP contribution in [0.15, 0.2) is 36.7 Å². The maximum Gasteiger partial charge on any atom is 0.227 e. The third kappa shape index (κ3) is 1.22. The summed E-state index contributed by atoms with van der Waals surface area (Å²) in [6.07, 6.45) is 3.34. The summed E-state index contributed by atoms with van der Waals surface area (Å²) in [6.45, 7) is 0. The summed E-state index contributed by atoms with van der Waals surface area (Å²) < 4.78 is 1.31. The van der Waals surface area contributed by atoms with E-state index < -0.39 is 0 Å². The molecule has 0 radical (unpaired) electrons. The highest BCUT2D eigenvalue weighted by molar-refractivity contribution is 6.06. The van der Waals surface area contributed by atoms with Gasteiger partial charge in [-0.15, -0.1) is 0 Å². The minimum absolute atomic E-state index is 0.0995. The molecule has 2 rings (SSSR count). The molecule has 0 saturated carbocycles. The summed E-state index contributed by atoms with van der Waals surface area (Å²) in [5.41, 5.74) is 1.02. The van der Waals surface area contributed by atoms with Crippen LogP contribution in [-0.2, 0) is 0 Å². The van der Waals surface area contributed by atoms with E-state index in [0.29, 0.717) is 11.4 Å². The molecule has 0 atom stereocenters. The molecule has 0 fully saturated rings. The number of hydrogen-bond acceptors (Lipinski definition) is 2. The van der Waals surface area contributed by atoms with Crippen molar-refractivity contribution in [3.63, 3.8) is 0 Å². The molecule has 0 aliphatic rings. The third-order valence-electron chi connectivity index (χ3n) is 1.85. The van der Waals surface area contributed by atoms with Crippen molar-refractivity contribution in [2.45, 2.75) is 0 Å². The summed E-state index contributed by atoms with van der Waals surface area (Å²) in [6, 6.07) is 6.91. The van der Waals surface area contributed by atoms with E-state index >= 15 is 0 Å². The highest BCUT2D eigenvalue weighted by atomic mass is 16.1. The van der Waals surface area contributed by atoms with Crippen molar-refractivity contribution < 1.29 is 4.79 Å². The summed E-state index contributed by atoms with van der Waals surface area (Å²) in [5.74, 6) is 5.43. The number of nitrogen functional groups attached to an aromatic ring is 1. The lowest BCUT2D eigenvalue weighted by atomic mass is 10.2. The SMILES string of the molecule is Nn1cccc1C(=O)c1ccc[nH]1. The molecular weight excluding hydrogens is 166 g/mol. The molecule has 2 aromatic heterocycles. The van der Waals surface area contributed by atoms with Gasteiger partial charge in [0.25, 0.3) is 0 Å². The highest BCUT2D eigenvalue weighted by Crippen LogP contribution is 2.06. The summed E-state index contributed by atoms with van der Waals surface area (Å²) in [7, 11) is 0. The number of carbonyl (C=O) groups excluding carboxylic acids is 1. The van der Waals surface area contributed by atoms with Gasteiger partial charge in [0.15, 0.2) is 0 Å². The molecule has 0 aromatic carbocycles. The Morgan fingerprint density at radius 1 is 1.38 bits per heavy atom. The van der Waals surface area contributed by atoms with Gasteiger partial charge in [0.05, 0.1) is 5.69 Å². The number of aromatic nitrogens is 2. The first kappa shape index (κ1) is 7.67. The monoisotopic (exact) mass is 175 g/mol. The Bertz CT molecular complexity index is 414. The molecule has 0 aliphatic carbocycles. The van der Waals surface area contributed by atoms with Gasteiger partial charge in [0, 0.05) is 12.4 Å². The number of nitrogens with zero attached hydrogens (tertiary/aromatic N) is 1. The summed E-state index contributed by atoms with van der Waals surface area (Å²) in [5, 5.41) is 0. The maximum atomic E-state index is 11.7. The molecule has 0 saturated heterocycles. The first-order valence-electron chi connectivity index (χ1n) is 3.89. The van der Waals surface area contributed by atoms with Crippen molar-refractivity contribution >= 4 is 5.78 Å². The Morgan fingerprint density at radius 3 is 2.77 bits per heavy atom. The van der Waals surface area contributed by atoms with E-state index in [1.165, 1.54) is 4.68 Å². The number of aromatic amines is 1. The molecule has 0 amide bonds. The molecule has 0 aliphatic heterocycles. The third-order valence-corrected chi connectivity index (χ3v) is 1.85. The Labute approximate surface area is 75.0 Å². The van der Waals surface area contributed by atoms with Crippen LogP contribution in [-0.4, -0.2) is 15.4 Å². The zero-order chi connectivity index (χ0) is 9.26. The van der Waals surface area contributed by atoms with E-state index in [4.69, 9.17) is 5.84 Å². The fourth-order valence-corrected chi connectivity index (χ4v) is 1.20. The van der Waals surface area contributed by atoms with E-state index in [1.54, 1.807) is 36.7 Å². The Balaban J connectivity index is 2.39. The lowest BCUT2D eigenvalue weighted by Crippen LogP contribution is -2.15. The second kappa shape index (κ2) is 2.82. The minimum Gasteiger partial charge on any atom is -0.358 e. The largest absolute Gasteiger partial charge is 0.358 e. The highest BCUT2D eigenvalue weighted by Gasteiger charge is 2.11. The number of nitrogens with one attached hydrogen (secondary N) is 1. The smallest absolute Gasteiger partial charge is 0.227 e. The molecule has 4 heteroatoms. The standard InChI is InChI=1S/C9H9N3O/c10-12-6-2-4-8(12)9(13)7-3-1-5-11-7/h1-6,11H,10H2. The van der Waals surface area contributed by atoms with Crippen LogP contribution in [0.1, 0.15) is 16.2 Å². The van der Waals surface area contributed by atoms with Crippen LogP contribution < -0.4 is 5.84 Å². The van der Waals surface area contributed by atoms with Crippen molar-refractivity contribution in [1.82, 2.24) is 9.66 Å². The van der Waals surface area contributed by atoms with Gasteiger partial charge in [-0.05, 0) is 24.3 Å². The maximum absolute atomic E-state index is 11.7. The van der Waals surface area contributed by atoms with E-state index in [1.807, 2.05) is 0 Å². The fourth-order valence-electron chi connectivity index (χ4n) is 1.20. The van der Waals surface area contributed by atoms with Crippen molar-refractivity contribution in [3.8, 4) is 0 Å². The number of H-pyrrole nitrogens is 1. The Hall–Kier alpha value is -1.97. The van der Waals surface area contributed by atoms with Crippen LogP contribution in [0.5, 0.6) is 0 Å². The van der Waals surface area contributed by atoms with Crippen LogP contribution >= 0.6 is 0 Å². The van der Waals surface area contributed by atoms with Crippen LogP contribution in [0.3, 0.4) is 0 Å². The second-order valence-electron chi connectivity index (χ2n) is 2.71. The molecule has 4 nitrogen and oxygen atoms in total. The van der Waals surface area contributed by atoms with Gasteiger partial charge in [-0.3, -0.25) is 9.47 Å². The van der Waals surface area contributed by atoms with Gasteiger partial charge in [-0.1, -0.05) is 0 Å². The number of rotatable bonds is 2. The van der Waals surface area contributed by atoms with E-state index in [9.17, 15) is 4.79 Å². The van der Waals surface area contributed by atoms with E-state index in [2.05, 4.69) is 4.98 Å². The molecule has 0 spiro atoms. The zero-order valence-electron chi connectivity index (χ0n) is 6.90. The molecular formula is C9H9N3O. The van der Waals surface area contributed by atoms with Gasteiger partial charge in [-0.25, -0.2) is 0 Å². The zero-order valence-corrected chi connectivity index (χ0v) is 6.90. The van der Waals surface area contributed by atoms with Crippen LogP contribution in [0, 0.1) is 0 Å². The normalized spacial score (nSPS) is 10.2. The molecule has 0 bridgehead atoms. The summed E-state index contributed by atoms with van der Waals surface area (Å²) >= 11 is 0. The van der Waals surface area contributed by atoms with E-state index in [0.717, 1.165) is 0 Å². The number of hydrogen-bond donors (Lipinski definition) is 2. The minimum atomic E-state index is -0.0995. The van der Waals surface area contributed by atoms with Gasteiger partial charge in [-0.2, -0.15) is 0 Å². The predicted molar refractivity (Wildman–Crippen MR) is 48.8 cm³/mol. The van der Waals surface area contributed by atoms with E-state index in [-0.39, 0.29) is 5.78 Å². The quantitative estimate of drug-likeness (QED) is 0.522. The second-order valence-corrected chi connectivity index (χ2v) is 2.71. The van der Waals surface area contributed by atoms with Gasteiger partial charge < -0.3 is 10.8 Å². The predicted octanol–water partition coefficient (Wildman–Crippen LogP) is 0.761. The van der Waals surface area contributed by atoms with Gasteiger partial charge >= 0.3 is 0 Å². The lowest BCUT2D eigenvalue weighted by Gasteiger charge is -1.99. The summed E-state index contributed by atoms with van der Waals surface area (Å²) in [4.78, 5) is 14.5. The molecule has 66 valence electrons. The van der Waals surface area contributed by atoms with Crippen molar-refractivity contribution in [3.05, 3.63) is 48.0 Å². The van der Waals surface area contributed by atoms with Crippen LogP contribution in [0.4, 0.5) is 0 Å².